The van der Waals surface area contributed by atoms with E-state index in [-0.39, 0.29) is 16.5 Å². The van der Waals surface area contributed by atoms with E-state index in [1.54, 1.807) is 0 Å². The van der Waals surface area contributed by atoms with E-state index in [1.807, 2.05) is 18.2 Å². The molecule has 0 amide bonds. The second kappa shape index (κ2) is 33.3. The van der Waals surface area contributed by atoms with Crippen molar-refractivity contribution in [1.29, 1.82) is 0 Å². The van der Waals surface area contributed by atoms with Crippen LogP contribution in [0.5, 0.6) is 0 Å². The Hall–Kier alpha value is -2.17. The fraction of sp³-hybridized carbons (Fsp3) is 0.644. The zero-order chi connectivity index (χ0) is 33.3. The SMILES string of the molecule is CCCCCCCCC#CC(=Nc1ccccc1)C(CCCCCCCCCCCCCCCCCCCCC)=Nc1ccccc1.[Ni]. The molecule has 0 saturated carbocycles. The van der Waals surface area contributed by atoms with Crippen LogP contribution in [-0.4, -0.2) is 11.4 Å². The van der Waals surface area contributed by atoms with Crippen molar-refractivity contribution in [2.45, 2.75) is 187 Å². The molecule has 2 aromatic carbocycles. The maximum atomic E-state index is 5.10. The van der Waals surface area contributed by atoms with Gasteiger partial charge in [0.05, 0.1) is 17.1 Å². The van der Waals surface area contributed by atoms with Crippen molar-refractivity contribution in [2.75, 3.05) is 0 Å². The Kier molecular flexibility index (Phi) is 30.5. The molecule has 0 aliphatic rings. The molecular formula is C45H70N2Ni. The first-order valence-electron chi connectivity index (χ1n) is 20.1. The molecule has 3 heteroatoms. The molecule has 0 bridgehead atoms. The van der Waals surface area contributed by atoms with Crippen LogP contribution in [0.25, 0.3) is 0 Å². The van der Waals surface area contributed by atoms with Crippen LogP contribution < -0.4 is 0 Å². The van der Waals surface area contributed by atoms with E-state index in [0.29, 0.717) is 0 Å². The molecule has 0 aliphatic carbocycles. The number of nitrogens with zero attached hydrogens (tertiary/aromatic N) is 2. The number of hydrogen-bond acceptors (Lipinski definition) is 2. The second-order valence-corrected chi connectivity index (χ2v) is 13.6. The topological polar surface area (TPSA) is 24.7 Å². The van der Waals surface area contributed by atoms with Gasteiger partial charge in [0.1, 0.15) is 5.71 Å². The van der Waals surface area contributed by atoms with Crippen LogP contribution in [0.1, 0.15) is 187 Å². The maximum Gasteiger partial charge on any atom is 0.135 e. The Morgan fingerprint density at radius 2 is 0.792 bits per heavy atom. The van der Waals surface area contributed by atoms with E-state index in [9.17, 15) is 0 Å². The van der Waals surface area contributed by atoms with Gasteiger partial charge in [-0.25, -0.2) is 4.99 Å². The zero-order valence-electron chi connectivity index (χ0n) is 31.1. The summed E-state index contributed by atoms with van der Waals surface area (Å²) in [5.41, 5.74) is 3.81. The second-order valence-electron chi connectivity index (χ2n) is 13.6. The van der Waals surface area contributed by atoms with Gasteiger partial charge in [0.25, 0.3) is 0 Å². The Balaban J connectivity index is 0.0000115. The van der Waals surface area contributed by atoms with Crippen LogP contribution in [-0.2, 0) is 16.5 Å². The van der Waals surface area contributed by atoms with E-state index in [2.05, 4.69) is 68.2 Å². The van der Waals surface area contributed by atoms with Gasteiger partial charge in [-0.1, -0.05) is 204 Å². The number of rotatable bonds is 29. The summed E-state index contributed by atoms with van der Waals surface area (Å²) in [6.07, 6.45) is 36.1. The smallest absolute Gasteiger partial charge is 0.135 e. The molecule has 270 valence electrons. The fourth-order valence-electron chi connectivity index (χ4n) is 6.19. The monoisotopic (exact) mass is 696 g/mol. The van der Waals surface area contributed by atoms with E-state index in [4.69, 9.17) is 9.98 Å². The minimum atomic E-state index is 0. The van der Waals surface area contributed by atoms with Crippen LogP contribution in [0.2, 0.25) is 0 Å². The summed E-state index contributed by atoms with van der Waals surface area (Å²) in [4.78, 5) is 10.1. The summed E-state index contributed by atoms with van der Waals surface area (Å²) in [7, 11) is 0. The normalized spacial score (nSPS) is 11.6. The van der Waals surface area contributed by atoms with Crippen LogP contribution in [0.4, 0.5) is 11.4 Å². The van der Waals surface area contributed by atoms with Crippen LogP contribution in [0, 0.1) is 11.8 Å². The molecule has 0 N–H and O–H groups in total. The molecule has 0 radical (unpaired) electrons. The summed E-state index contributed by atoms with van der Waals surface area (Å²) in [5, 5.41) is 0. The fourth-order valence-corrected chi connectivity index (χ4v) is 6.19. The quantitative estimate of drug-likeness (QED) is 0.0350. The maximum absolute atomic E-state index is 5.10. The van der Waals surface area contributed by atoms with E-state index in [0.717, 1.165) is 42.1 Å². The zero-order valence-corrected chi connectivity index (χ0v) is 32.1. The van der Waals surface area contributed by atoms with Gasteiger partial charge < -0.3 is 0 Å². The number of aliphatic imine (C=N–C) groups is 2. The largest absolute Gasteiger partial charge is 0.251 e. The third kappa shape index (κ3) is 24.9. The first kappa shape index (κ1) is 43.9. The standard InChI is InChI=1S/C45H70N2.Ni/c1-3-5-7-9-11-13-14-15-16-17-18-19-20-21-22-23-25-27-35-41-45(47-43-38-32-29-33-39-43)44(46-42-36-30-28-31-37-42)40-34-26-24-12-10-8-6-4-2;/h28-33,36-39H,3-27,35,41H2,1-2H3;. The molecule has 0 spiro atoms. The first-order chi connectivity index (χ1) is 23.3. The van der Waals surface area contributed by atoms with Crippen molar-refractivity contribution in [3.63, 3.8) is 0 Å². The molecule has 48 heavy (non-hydrogen) atoms. The first-order valence-corrected chi connectivity index (χ1v) is 20.1. The molecule has 0 aliphatic heterocycles. The molecule has 0 fully saturated rings. The molecule has 2 aromatic rings. The van der Waals surface area contributed by atoms with Crippen LogP contribution in [0.15, 0.2) is 70.6 Å². The summed E-state index contributed by atoms with van der Waals surface area (Å²) in [6.45, 7) is 4.57. The number of para-hydroxylation sites is 2. The van der Waals surface area contributed by atoms with Gasteiger partial charge in [-0.3, -0.25) is 4.99 Å². The molecular weight excluding hydrogens is 627 g/mol. The third-order valence-corrected chi connectivity index (χ3v) is 9.17. The Labute approximate surface area is 307 Å². The molecule has 2 nitrogen and oxygen atoms in total. The Morgan fingerprint density at radius 1 is 0.438 bits per heavy atom. The number of hydrogen-bond donors (Lipinski definition) is 0. The van der Waals surface area contributed by atoms with Crippen molar-refractivity contribution in [3.05, 3.63) is 60.7 Å². The Bertz CT molecular complexity index is 1100. The number of benzene rings is 2. The van der Waals surface area contributed by atoms with Crippen molar-refractivity contribution in [2.24, 2.45) is 9.98 Å². The van der Waals surface area contributed by atoms with Crippen molar-refractivity contribution in [3.8, 4) is 11.8 Å². The van der Waals surface area contributed by atoms with Gasteiger partial charge in [-0.2, -0.15) is 0 Å². The summed E-state index contributed by atoms with van der Waals surface area (Å²) >= 11 is 0. The van der Waals surface area contributed by atoms with Gasteiger partial charge in [-0.15, -0.1) is 0 Å². The minimum absolute atomic E-state index is 0. The molecule has 0 atom stereocenters. The van der Waals surface area contributed by atoms with Crippen molar-refractivity contribution < 1.29 is 16.5 Å². The average Bonchev–Trinajstić information content (AvgIpc) is 3.10. The average molecular weight is 698 g/mol. The van der Waals surface area contributed by atoms with Gasteiger partial charge in [0, 0.05) is 22.9 Å². The summed E-state index contributed by atoms with van der Waals surface area (Å²) < 4.78 is 0. The van der Waals surface area contributed by atoms with Gasteiger partial charge in [0.2, 0.25) is 0 Å². The minimum Gasteiger partial charge on any atom is -0.251 e. The summed E-state index contributed by atoms with van der Waals surface area (Å²) in [6, 6.07) is 20.6. The van der Waals surface area contributed by atoms with Gasteiger partial charge in [0.15, 0.2) is 0 Å². The van der Waals surface area contributed by atoms with E-state index in [1.165, 1.54) is 154 Å². The molecule has 0 unspecified atom stereocenters. The predicted molar refractivity (Wildman–Crippen MR) is 211 cm³/mol. The van der Waals surface area contributed by atoms with Crippen molar-refractivity contribution in [1.82, 2.24) is 0 Å². The van der Waals surface area contributed by atoms with Crippen molar-refractivity contribution >= 4 is 22.8 Å². The van der Waals surface area contributed by atoms with Gasteiger partial charge in [-0.05, 0) is 49.4 Å². The Morgan fingerprint density at radius 3 is 1.21 bits per heavy atom. The molecule has 0 heterocycles. The van der Waals surface area contributed by atoms with Crippen LogP contribution in [0.3, 0.4) is 0 Å². The molecule has 2 rings (SSSR count). The predicted octanol–water partition coefficient (Wildman–Crippen LogP) is 15.1. The molecule has 0 saturated heterocycles. The van der Waals surface area contributed by atoms with Crippen LogP contribution >= 0.6 is 0 Å². The summed E-state index contributed by atoms with van der Waals surface area (Å²) in [5.74, 6) is 6.93. The van der Waals surface area contributed by atoms with E-state index >= 15 is 0 Å². The van der Waals surface area contributed by atoms with E-state index < -0.39 is 0 Å². The van der Waals surface area contributed by atoms with Gasteiger partial charge >= 0.3 is 0 Å². The third-order valence-electron chi connectivity index (χ3n) is 9.17. The molecule has 0 aromatic heterocycles. The number of unbranched alkanes of at least 4 members (excludes halogenated alkanes) is 24.